The van der Waals surface area contributed by atoms with Crippen LogP contribution in [0.3, 0.4) is 0 Å². The number of benzene rings is 2. The van der Waals surface area contributed by atoms with Crippen LogP contribution in [-0.4, -0.2) is 10.1 Å². The van der Waals surface area contributed by atoms with E-state index in [1.165, 1.54) is 0 Å². The Bertz CT molecular complexity index is 770. The Morgan fingerprint density at radius 1 is 1.10 bits per heavy atom. The third-order valence-corrected chi connectivity index (χ3v) is 4.10. The van der Waals surface area contributed by atoms with E-state index < -0.39 is 6.10 Å². The van der Waals surface area contributed by atoms with Gasteiger partial charge in [0, 0.05) is 32.8 Å². The molecule has 3 rings (SSSR count). The van der Waals surface area contributed by atoms with Gasteiger partial charge in [-0.05, 0) is 35.2 Å². The van der Waals surface area contributed by atoms with E-state index in [1.54, 1.807) is 18.5 Å². The van der Waals surface area contributed by atoms with Crippen molar-refractivity contribution in [3.63, 3.8) is 0 Å². The second kappa shape index (κ2) is 5.52. The van der Waals surface area contributed by atoms with Crippen LogP contribution in [0.1, 0.15) is 17.2 Å². The minimum absolute atomic E-state index is 0.548. The normalized spacial score (nSPS) is 12.6. The highest BCUT2D eigenvalue weighted by atomic mass is 79.9. The summed E-state index contributed by atoms with van der Waals surface area (Å²) in [6.07, 6.45) is 2.74. The summed E-state index contributed by atoms with van der Waals surface area (Å²) in [6, 6.07) is 13.2. The topological polar surface area (TPSA) is 33.1 Å². The molecule has 2 nitrogen and oxygen atoms in total. The van der Waals surface area contributed by atoms with Crippen molar-refractivity contribution in [2.75, 3.05) is 0 Å². The van der Waals surface area contributed by atoms with Crippen LogP contribution in [-0.2, 0) is 0 Å². The Balaban J connectivity index is 2.17. The van der Waals surface area contributed by atoms with Crippen LogP contribution in [0.15, 0.2) is 59.3 Å². The molecule has 0 bridgehead atoms. The van der Waals surface area contributed by atoms with Crippen LogP contribution < -0.4 is 0 Å². The molecule has 0 amide bonds. The van der Waals surface area contributed by atoms with Crippen molar-refractivity contribution in [2.24, 2.45) is 0 Å². The summed E-state index contributed by atoms with van der Waals surface area (Å²) in [5.74, 6) is 0. The Morgan fingerprint density at radius 3 is 2.80 bits per heavy atom. The minimum atomic E-state index is -0.772. The molecule has 1 aromatic heterocycles. The van der Waals surface area contributed by atoms with Gasteiger partial charge in [0.05, 0.1) is 0 Å². The van der Waals surface area contributed by atoms with Crippen molar-refractivity contribution in [2.45, 2.75) is 6.10 Å². The highest BCUT2D eigenvalue weighted by molar-refractivity contribution is 9.10. The molecule has 4 heteroatoms. The number of aliphatic hydroxyl groups excluding tert-OH is 1. The van der Waals surface area contributed by atoms with Gasteiger partial charge in [-0.3, -0.25) is 4.98 Å². The standard InChI is InChI=1S/C16H11BrClNO/c17-11-4-5-15(18)14(8-11)16(20)13-3-1-2-10-9-19-7-6-12(10)13/h1-9,16,20H. The first-order valence-corrected chi connectivity index (χ1v) is 7.29. The number of pyridine rings is 1. The summed E-state index contributed by atoms with van der Waals surface area (Å²) < 4.78 is 0.887. The molecular weight excluding hydrogens is 338 g/mol. The van der Waals surface area contributed by atoms with Crippen LogP contribution in [0.4, 0.5) is 0 Å². The lowest BCUT2D eigenvalue weighted by atomic mass is 9.97. The molecule has 1 unspecified atom stereocenters. The van der Waals surface area contributed by atoms with Gasteiger partial charge < -0.3 is 5.11 Å². The maximum absolute atomic E-state index is 10.7. The SMILES string of the molecule is OC(c1cc(Br)ccc1Cl)c1cccc2cnccc12. The van der Waals surface area contributed by atoms with Crippen molar-refractivity contribution in [1.29, 1.82) is 0 Å². The monoisotopic (exact) mass is 347 g/mol. The van der Waals surface area contributed by atoms with E-state index in [1.807, 2.05) is 36.4 Å². The molecule has 100 valence electrons. The zero-order valence-corrected chi connectivity index (χ0v) is 12.8. The Kier molecular flexibility index (Phi) is 3.74. The highest BCUT2D eigenvalue weighted by Crippen LogP contribution is 2.33. The van der Waals surface area contributed by atoms with Crippen LogP contribution in [0.2, 0.25) is 5.02 Å². The molecule has 0 saturated heterocycles. The zero-order valence-electron chi connectivity index (χ0n) is 10.4. The average Bonchev–Trinajstić information content (AvgIpc) is 2.48. The summed E-state index contributed by atoms with van der Waals surface area (Å²) in [5, 5.41) is 13.2. The van der Waals surface area contributed by atoms with E-state index in [4.69, 9.17) is 11.6 Å². The number of fused-ring (bicyclic) bond motifs is 1. The minimum Gasteiger partial charge on any atom is -0.384 e. The van der Waals surface area contributed by atoms with E-state index >= 15 is 0 Å². The number of aromatic nitrogens is 1. The van der Waals surface area contributed by atoms with E-state index in [0.717, 1.165) is 20.8 Å². The maximum Gasteiger partial charge on any atom is 0.106 e. The second-order valence-corrected chi connectivity index (χ2v) is 5.84. The number of aliphatic hydroxyl groups is 1. The van der Waals surface area contributed by atoms with Crippen LogP contribution in [0, 0.1) is 0 Å². The van der Waals surface area contributed by atoms with Gasteiger partial charge >= 0.3 is 0 Å². The smallest absolute Gasteiger partial charge is 0.106 e. The van der Waals surface area contributed by atoms with Gasteiger partial charge in [0.15, 0.2) is 0 Å². The predicted molar refractivity (Wildman–Crippen MR) is 85.0 cm³/mol. The molecule has 3 aromatic rings. The van der Waals surface area contributed by atoms with Gasteiger partial charge in [-0.1, -0.05) is 45.7 Å². The lowest BCUT2D eigenvalue weighted by molar-refractivity contribution is 0.222. The predicted octanol–water partition coefficient (Wildman–Crippen LogP) is 4.73. The van der Waals surface area contributed by atoms with Crippen molar-refractivity contribution >= 4 is 38.3 Å². The largest absolute Gasteiger partial charge is 0.384 e. The molecule has 1 N–H and O–H groups in total. The van der Waals surface area contributed by atoms with E-state index in [0.29, 0.717) is 10.6 Å². The van der Waals surface area contributed by atoms with Crippen LogP contribution in [0.25, 0.3) is 10.8 Å². The summed E-state index contributed by atoms with van der Waals surface area (Å²) in [7, 11) is 0. The van der Waals surface area contributed by atoms with Gasteiger partial charge in [0.1, 0.15) is 6.10 Å². The summed E-state index contributed by atoms with van der Waals surface area (Å²) in [4.78, 5) is 4.10. The Labute approximate surface area is 130 Å². The molecule has 1 heterocycles. The maximum atomic E-state index is 10.7. The fourth-order valence-electron chi connectivity index (χ4n) is 2.28. The lowest BCUT2D eigenvalue weighted by Gasteiger charge is -2.15. The molecule has 1 atom stereocenters. The molecule has 2 aromatic carbocycles. The molecule has 0 aliphatic carbocycles. The van der Waals surface area contributed by atoms with Crippen LogP contribution >= 0.6 is 27.5 Å². The average molecular weight is 349 g/mol. The molecule has 0 aliphatic rings. The Morgan fingerprint density at radius 2 is 1.95 bits per heavy atom. The number of nitrogens with zero attached hydrogens (tertiary/aromatic N) is 1. The molecule has 0 spiro atoms. The lowest BCUT2D eigenvalue weighted by Crippen LogP contribution is -2.01. The molecular formula is C16H11BrClNO. The van der Waals surface area contributed by atoms with E-state index in [-0.39, 0.29) is 0 Å². The van der Waals surface area contributed by atoms with Gasteiger partial charge in [-0.25, -0.2) is 0 Å². The quantitative estimate of drug-likeness (QED) is 0.726. The number of rotatable bonds is 2. The third-order valence-electron chi connectivity index (χ3n) is 3.26. The number of hydrogen-bond acceptors (Lipinski definition) is 2. The first-order chi connectivity index (χ1) is 9.66. The molecule has 0 saturated carbocycles. The summed E-state index contributed by atoms with van der Waals surface area (Å²) >= 11 is 9.61. The molecule has 0 fully saturated rings. The zero-order chi connectivity index (χ0) is 14.1. The van der Waals surface area contributed by atoms with Gasteiger partial charge in [0.2, 0.25) is 0 Å². The van der Waals surface area contributed by atoms with Crippen molar-refractivity contribution in [3.8, 4) is 0 Å². The van der Waals surface area contributed by atoms with E-state index in [2.05, 4.69) is 20.9 Å². The number of hydrogen-bond donors (Lipinski definition) is 1. The summed E-state index contributed by atoms with van der Waals surface area (Å²) in [6.45, 7) is 0. The van der Waals surface area contributed by atoms with Gasteiger partial charge in [0.25, 0.3) is 0 Å². The first kappa shape index (κ1) is 13.6. The first-order valence-electron chi connectivity index (χ1n) is 6.12. The van der Waals surface area contributed by atoms with Crippen molar-refractivity contribution in [1.82, 2.24) is 4.98 Å². The van der Waals surface area contributed by atoms with Crippen molar-refractivity contribution < 1.29 is 5.11 Å². The highest BCUT2D eigenvalue weighted by Gasteiger charge is 2.16. The Hall–Kier alpha value is -1.42. The fraction of sp³-hybridized carbons (Fsp3) is 0.0625. The van der Waals surface area contributed by atoms with Gasteiger partial charge in [-0.2, -0.15) is 0 Å². The number of halogens is 2. The molecule has 0 radical (unpaired) electrons. The molecule has 20 heavy (non-hydrogen) atoms. The third kappa shape index (κ3) is 2.44. The summed E-state index contributed by atoms with van der Waals surface area (Å²) in [5.41, 5.74) is 1.51. The molecule has 0 aliphatic heterocycles. The van der Waals surface area contributed by atoms with Crippen LogP contribution in [0.5, 0.6) is 0 Å². The second-order valence-electron chi connectivity index (χ2n) is 4.51. The van der Waals surface area contributed by atoms with E-state index in [9.17, 15) is 5.11 Å². The fourth-order valence-corrected chi connectivity index (χ4v) is 2.88. The van der Waals surface area contributed by atoms with Gasteiger partial charge in [-0.15, -0.1) is 0 Å². The van der Waals surface area contributed by atoms with Crippen molar-refractivity contribution in [3.05, 3.63) is 75.5 Å².